The number of aromatic nitrogens is 5. The lowest BCUT2D eigenvalue weighted by molar-refractivity contribution is 0.171. The summed E-state index contributed by atoms with van der Waals surface area (Å²) in [5, 5.41) is 30.4. The second-order valence-electron chi connectivity index (χ2n) is 13.5. The number of carbonyl (C=O) groups excluding carboxylic acids is 1. The van der Waals surface area contributed by atoms with Gasteiger partial charge in [-0.1, -0.05) is 56.6 Å². The molecule has 0 unspecified atom stereocenters. The number of phenolic OH excluding ortho intramolecular Hbond substituents is 1. The molecule has 11 nitrogen and oxygen atoms in total. The number of amides is 2. The van der Waals surface area contributed by atoms with Gasteiger partial charge in [0.2, 0.25) is 0 Å². The molecule has 1 aliphatic heterocycles. The molecule has 0 radical (unpaired) electrons. The maximum absolute atomic E-state index is 13.5. The van der Waals surface area contributed by atoms with E-state index < -0.39 is 0 Å². The average Bonchev–Trinajstić information content (AvgIpc) is 3.76. The van der Waals surface area contributed by atoms with Crippen molar-refractivity contribution in [2.45, 2.75) is 70.1 Å². The second-order valence-corrected chi connectivity index (χ2v) is 13.9. The van der Waals surface area contributed by atoms with Crippen molar-refractivity contribution < 1.29 is 14.6 Å². The van der Waals surface area contributed by atoms with Gasteiger partial charge in [0.15, 0.2) is 11.5 Å². The highest BCUT2D eigenvalue weighted by Gasteiger charge is 2.31. The van der Waals surface area contributed by atoms with E-state index in [1.54, 1.807) is 16.8 Å². The molecule has 3 N–H and O–H groups in total. The average molecular weight is 655 g/mol. The van der Waals surface area contributed by atoms with Crippen LogP contribution in [0, 0.1) is 0 Å². The first kappa shape index (κ1) is 31.0. The van der Waals surface area contributed by atoms with Gasteiger partial charge in [-0.15, -0.1) is 10.2 Å². The topological polar surface area (TPSA) is 122 Å². The Bertz CT molecular complexity index is 1930. The molecule has 244 valence electrons. The molecule has 0 bridgehead atoms. The molecule has 12 heteroatoms. The van der Waals surface area contributed by atoms with Gasteiger partial charge in [-0.25, -0.2) is 9.48 Å². The molecule has 1 fully saturated rings. The molecule has 0 spiro atoms. The summed E-state index contributed by atoms with van der Waals surface area (Å²) in [5.41, 5.74) is 3.90. The number of aromatic hydroxyl groups is 1. The van der Waals surface area contributed by atoms with Crippen LogP contribution in [0.25, 0.3) is 11.3 Å². The number of pyridine rings is 1. The van der Waals surface area contributed by atoms with Crippen LogP contribution in [0.5, 0.6) is 11.5 Å². The van der Waals surface area contributed by atoms with E-state index in [1.807, 2.05) is 67.8 Å². The summed E-state index contributed by atoms with van der Waals surface area (Å²) in [6.07, 6.45) is 5.43. The summed E-state index contributed by atoms with van der Waals surface area (Å²) in [6, 6.07) is 18.2. The fraction of sp³-hybridized carbons (Fsp3) is 0.371. The number of rotatable bonds is 6. The van der Waals surface area contributed by atoms with Crippen molar-refractivity contribution in [2.24, 2.45) is 0 Å². The smallest absolute Gasteiger partial charge is 0.320 e. The van der Waals surface area contributed by atoms with Crippen molar-refractivity contribution in [3.05, 3.63) is 94.5 Å². The molecule has 7 rings (SSSR count). The fourth-order valence-corrected chi connectivity index (χ4v) is 6.86. The predicted molar refractivity (Wildman–Crippen MR) is 180 cm³/mol. The van der Waals surface area contributed by atoms with Crippen LogP contribution in [0.4, 0.5) is 10.6 Å². The molecule has 0 saturated carbocycles. The third-order valence-corrected chi connectivity index (χ3v) is 9.29. The number of nitrogens with zero attached hydrogens (tertiary/aromatic N) is 6. The number of likely N-dealkylation sites (tertiary alicyclic amines) is 1. The number of anilines is 1. The number of ether oxygens (including phenoxy) is 1. The number of nitrogens with one attached hydrogen (secondary N) is 2. The highest BCUT2D eigenvalue weighted by atomic mass is 35.5. The number of hydrogen-bond acceptors (Lipinski definition) is 7. The van der Waals surface area contributed by atoms with Crippen molar-refractivity contribution in [3.63, 3.8) is 0 Å². The number of hydrogen-bond donors (Lipinski definition) is 3. The maximum Gasteiger partial charge on any atom is 0.320 e. The normalized spacial score (nSPS) is 19.9. The van der Waals surface area contributed by atoms with Crippen LogP contribution < -0.4 is 15.4 Å². The molecule has 5 aromatic rings. The van der Waals surface area contributed by atoms with Crippen LogP contribution in [-0.4, -0.2) is 54.0 Å². The van der Waals surface area contributed by atoms with E-state index in [0.717, 1.165) is 53.4 Å². The van der Waals surface area contributed by atoms with Crippen LogP contribution in [0.2, 0.25) is 5.02 Å². The molecule has 3 atom stereocenters. The number of phenols is 1. The molecule has 1 aliphatic carbocycles. The maximum atomic E-state index is 13.5. The summed E-state index contributed by atoms with van der Waals surface area (Å²) >= 11 is 6.23. The molecule has 2 aromatic carbocycles. The van der Waals surface area contributed by atoms with E-state index in [0.29, 0.717) is 29.4 Å². The zero-order valence-corrected chi connectivity index (χ0v) is 27.7. The Hall–Kier alpha value is -4.61. The minimum Gasteiger partial charge on any atom is -0.508 e. The summed E-state index contributed by atoms with van der Waals surface area (Å²) in [7, 11) is 2.13. The quantitative estimate of drug-likeness (QED) is 0.178. The first-order valence-corrected chi connectivity index (χ1v) is 16.4. The largest absolute Gasteiger partial charge is 0.508 e. The Labute approximate surface area is 278 Å². The van der Waals surface area contributed by atoms with Crippen LogP contribution in [0.1, 0.15) is 87.3 Å². The minimum atomic E-state index is -0.362. The Kier molecular flexibility index (Phi) is 8.05. The summed E-state index contributed by atoms with van der Waals surface area (Å²) in [4.78, 5) is 15.8. The second kappa shape index (κ2) is 12.2. The first-order chi connectivity index (χ1) is 22.5. The van der Waals surface area contributed by atoms with Crippen molar-refractivity contribution in [1.82, 2.24) is 34.6 Å². The minimum absolute atomic E-state index is 0.00904. The predicted octanol–water partition coefficient (Wildman–Crippen LogP) is 7.11. The lowest BCUT2D eigenvalue weighted by Crippen LogP contribution is -2.36. The number of benzene rings is 2. The van der Waals surface area contributed by atoms with Gasteiger partial charge in [0.25, 0.3) is 0 Å². The molecule has 47 heavy (non-hydrogen) atoms. The van der Waals surface area contributed by atoms with Gasteiger partial charge in [-0.3, -0.25) is 14.6 Å². The van der Waals surface area contributed by atoms with Gasteiger partial charge in [0.1, 0.15) is 23.4 Å². The van der Waals surface area contributed by atoms with Crippen LogP contribution in [-0.2, 0) is 5.41 Å². The fourth-order valence-electron chi connectivity index (χ4n) is 6.63. The number of halogens is 1. The van der Waals surface area contributed by atoms with E-state index in [-0.39, 0.29) is 35.4 Å². The van der Waals surface area contributed by atoms with E-state index in [4.69, 9.17) is 21.4 Å². The van der Waals surface area contributed by atoms with Crippen LogP contribution >= 0.6 is 11.6 Å². The van der Waals surface area contributed by atoms with Gasteiger partial charge < -0.3 is 15.2 Å². The standard InChI is InChI=1S/C35H39ClN8O3/c1-35(2,3)30-19-32(44(41-30)22-16-21(36)17-23(45)18-22)38-34(46)37-27-12-13-29(26-9-6-5-8-25(26)27)47-24-11-14-31-39-40-33(43(31)20-24)28-10-7-15-42(28)4/h5-6,8-9,11,14,16-20,27-29,45H,7,10,12-13,15H2,1-4H3,(H2,37,38,46)/t27-,28-,29+/m0/s1. The first-order valence-electron chi connectivity index (χ1n) is 16.0. The number of carbonyl (C=O) groups is 1. The van der Waals surface area contributed by atoms with E-state index in [2.05, 4.69) is 38.8 Å². The molecule has 4 heterocycles. The molecule has 2 aliphatic rings. The lowest BCUT2D eigenvalue weighted by Gasteiger charge is -2.32. The van der Waals surface area contributed by atoms with Gasteiger partial charge in [-0.2, -0.15) is 5.10 Å². The summed E-state index contributed by atoms with van der Waals surface area (Å²) < 4.78 is 10.2. The van der Waals surface area contributed by atoms with Gasteiger partial charge in [-0.05, 0) is 74.7 Å². The summed E-state index contributed by atoms with van der Waals surface area (Å²) in [6.45, 7) is 7.20. The third-order valence-electron chi connectivity index (χ3n) is 9.07. The van der Waals surface area contributed by atoms with Crippen LogP contribution in [0.15, 0.2) is 66.9 Å². The molecular formula is C35H39ClN8O3. The monoisotopic (exact) mass is 654 g/mol. The van der Waals surface area contributed by atoms with Gasteiger partial charge in [0, 0.05) is 22.6 Å². The van der Waals surface area contributed by atoms with Crippen molar-refractivity contribution in [2.75, 3.05) is 18.9 Å². The zero-order valence-electron chi connectivity index (χ0n) is 26.9. The molecule has 1 saturated heterocycles. The van der Waals surface area contributed by atoms with Gasteiger partial charge >= 0.3 is 6.03 Å². The SMILES string of the molecule is CN1CCC[C@H]1c1nnc2ccc(O[C@@H]3CC[C@H](NC(=O)Nc4cc(C(C)(C)C)nn4-c4cc(O)cc(Cl)c4)c4ccccc43)cn12. The molecule has 2 amide bonds. The Morgan fingerprint density at radius 3 is 2.57 bits per heavy atom. The number of urea groups is 1. The van der Waals surface area contributed by atoms with Crippen molar-refractivity contribution in [3.8, 4) is 17.2 Å². The Morgan fingerprint density at radius 2 is 1.83 bits per heavy atom. The van der Waals surface area contributed by atoms with Crippen LogP contribution in [0.3, 0.4) is 0 Å². The zero-order chi connectivity index (χ0) is 32.9. The highest BCUT2D eigenvalue weighted by molar-refractivity contribution is 6.30. The van der Waals surface area contributed by atoms with Crippen molar-refractivity contribution >= 4 is 29.1 Å². The Morgan fingerprint density at radius 1 is 1.02 bits per heavy atom. The molecule has 3 aromatic heterocycles. The van der Waals surface area contributed by atoms with Crippen molar-refractivity contribution in [1.29, 1.82) is 0 Å². The third kappa shape index (κ3) is 6.25. The highest BCUT2D eigenvalue weighted by Crippen LogP contribution is 2.39. The lowest BCUT2D eigenvalue weighted by atomic mass is 9.85. The van der Waals surface area contributed by atoms with E-state index in [9.17, 15) is 9.90 Å². The van der Waals surface area contributed by atoms with E-state index in [1.165, 1.54) is 6.07 Å². The summed E-state index contributed by atoms with van der Waals surface area (Å²) in [5.74, 6) is 2.16. The Balaban J connectivity index is 1.10. The molecular weight excluding hydrogens is 616 g/mol. The van der Waals surface area contributed by atoms with Gasteiger partial charge in [0.05, 0.1) is 29.7 Å². The number of fused-ring (bicyclic) bond motifs is 2. The van der Waals surface area contributed by atoms with E-state index >= 15 is 0 Å².